The smallest absolute Gasteiger partial charge is 0.203 e. The number of ketones is 1. The Hall–Kier alpha value is -2.13. The van der Waals surface area contributed by atoms with Crippen molar-refractivity contribution in [1.29, 1.82) is 0 Å². The van der Waals surface area contributed by atoms with E-state index in [1.807, 2.05) is 13.8 Å². The molecule has 8 nitrogen and oxygen atoms in total. The zero-order valence-electron chi connectivity index (χ0n) is 19.4. The molecule has 2 aliphatic heterocycles. The third-order valence-electron chi connectivity index (χ3n) is 7.28. The largest absolute Gasteiger partial charge is 0.504 e. The number of methoxy groups -OCH3 is 1. The highest BCUT2D eigenvalue weighted by Gasteiger charge is 2.68. The zero-order valence-corrected chi connectivity index (χ0v) is 19.4. The van der Waals surface area contributed by atoms with E-state index in [1.54, 1.807) is 0 Å². The van der Waals surface area contributed by atoms with E-state index < -0.39 is 35.8 Å². The quantitative estimate of drug-likeness (QED) is 0.399. The molecule has 0 amide bonds. The molecule has 2 saturated heterocycles. The van der Waals surface area contributed by atoms with E-state index in [2.05, 4.69) is 12.2 Å². The molecule has 1 aromatic carbocycles. The average Bonchev–Trinajstić information content (AvgIpc) is 3.52. The third-order valence-corrected chi connectivity index (χ3v) is 7.28. The molecule has 33 heavy (non-hydrogen) atoms. The molecule has 1 spiro atoms. The maximum Gasteiger partial charge on any atom is 0.203 e. The molecule has 0 saturated carbocycles. The van der Waals surface area contributed by atoms with Gasteiger partial charge in [0.2, 0.25) is 5.75 Å². The highest BCUT2D eigenvalue weighted by molar-refractivity contribution is 6.02. The van der Waals surface area contributed by atoms with Crippen LogP contribution in [0, 0.1) is 11.8 Å². The van der Waals surface area contributed by atoms with Crippen molar-refractivity contribution in [3.8, 4) is 17.2 Å². The summed E-state index contributed by atoms with van der Waals surface area (Å²) in [5.41, 5.74) is -0.580. The molecule has 1 aromatic rings. The first kappa shape index (κ1) is 24.0. The van der Waals surface area contributed by atoms with E-state index in [9.17, 15) is 25.2 Å². The van der Waals surface area contributed by atoms with E-state index in [1.165, 1.54) is 13.2 Å². The summed E-state index contributed by atoms with van der Waals surface area (Å²) in [6.45, 7) is 3.93. The Morgan fingerprint density at radius 3 is 2.64 bits per heavy atom. The van der Waals surface area contributed by atoms with Gasteiger partial charge in [0.15, 0.2) is 29.2 Å². The molecular formula is C25H34O8. The van der Waals surface area contributed by atoms with Gasteiger partial charge in [-0.2, -0.15) is 0 Å². The number of hydrogen-bond acceptors (Lipinski definition) is 8. The van der Waals surface area contributed by atoms with Crippen LogP contribution in [-0.2, 0) is 15.9 Å². The molecule has 2 heterocycles. The second-order valence-corrected chi connectivity index (χ2v) is 9.47. The summed E-state index contributed by atoms with van der Waals surface area (Å²) in [6.07, 6.45) is 3.95. The SMILES string of the molecule is CC[C@@H]1OC12[C@H](O)C[C@H](C1CCCC=CC(C)Cc3cc(c(O)c(OC)c3O)C1=O)O[C@H]2O. The van der Waals surface area contributed by atoms with Crippen LogP contribution in [0.4, 0.5) is 0 Å². The van der Waals surface area contributed by atoms with Gasteiger partial charge in [0.25, 0.3) is 0 Å². The Bertz CT molecular complexity index is 913. The number of Topliss-reactive ketones (excluding diaryl/α,β-unsaturated/α-hetero) is 1. The van der Waals surface area contributed by atoms with Crippen LogP contribution in [0.2, 0.25) is 0 Å². The molecule has 182 valence electrons. The van der Waals surface area contributed by atoms with Crippen LogP contribution >= 0.6 is 0 Å². The summed E-state index contributed by atoms with van der Waals surface area (Å²) < 4.78 is 16.7. The number of carbonyl (C=O) groups excluding carboxylic acids is 1. The molecule has 2 fully saturated rings. The molecule has 3 unspecified atom stereocenters. The monoisotopic (exact) mass is 462 g/mol. The summed E-state index contributed by atoms with van der Waals surface area (Å²) in [5.74, 6) is -1.69. The topological polar surface area (TPSA) is 129 Å². The van der Waals surface area contributed by atoms with Crippen LogP contribution in [0.15, 0.2) is 18.2 Å². The molecule has 0 radical (unpaired) electrons. The van der Waals surface area contributed by atoms with E-state index in [4.69, 9.17) is 14.2 Å². The number of epoxide rings is 1. The van der Waals surface area contributed by atoms with Gasteiger partial charge in [-0.05, 0) is 49.7 Å². The van der Waals surface area contributed by atoms with Gasteiger partial charge in [-0.25, -0.2) is 0 Å². The number of phenols is 2. The first-order chi connectivity index (χ1) is 15.7. The number of hydrogen-bond donors (Lipinski definition) is 4. The van der Waals surface area contributed by atoms with Gasteiger partial charge in [-0.15, -0.1) is 0 Å². The molecular weight excluding hydrogens is 428 g/mol. The van der Waals surface area contributed by atoms with E-state index in [-0.39, 0.29) is 41.3 Å². The minimum absolute atomic E-state index is 0.0448. The van der Waals surface area contributed by atoms with Crippen molar-refractivity contribution >= 4 is 5.78 Å². The average molecular weight is 463 g/mol. The van der Waals surface area contributed by atoms with Gasteiger partial charge in [0.1, 0.15) is 0 Å². The number of fused-ring (bicyclic) bond motifs is 2. The van der Waals surface area contributed by atoms with E-state index in [0.29, 0.717) is 31.2 Å². The number of aliphatic hydroxyl groups excluding tert-OH is 2. The molecule has 1 aliphatic carbocycles. The molecule has 3 aliphatic rings. The molecule has 4 N–H and O–H groups in total. The maximum absolute atomic E-state index is 13.7. The normalized spacial score (nSPS) is 36.8. The van der Waals surface area contributed by atoms with Crippen molar-refractivity contribution in [2.75, 3.05) is 7.11 Å². The van der Waals surface area contributed by atoms with Crippen LogP contribution in [0.25, 0.3) is 0 Å². The molecule has 4 rings (SSSR count). The van der Waals surface area contributed by atoms with Crippen LogP contribution in [-0.4, -0.2) is 63.5 Å². The van der Waals surface area contributed by atoms with E-state index in [0.717, 1.165) is 6.42 Å². The summed E-state index contributed by atoms with van der Waals surface area (Å²) in [6, 6.07) is 1.52. The van der Waals surface area contributed by atoms with Gasteiger partial charge in [-0.3, -0.25) is 4.79 Å². The summed E-state index contributed by atoms with van der Waals surface area (Å²) in [7, 11) is 1.33. The van der Waals surface area contributed by atoms with Crippen molar-refractivity contribution in [2.45, 2.75) is 82.6 Å². The number of ether oxygens (including phenoxy) is 3. The lowest BCUT2D eigenvalue weighted by atomic mass is 9.79. The van der Waals surface area contributed by atoms with Crippen molar-refractivity contribution in [3.63, 3.8) is 0 Å². The molecule has 8 heteroatoms. The fourth-order valence-electron chi connectivity index (χ4n) is 5.39. The fraction of sp³-hybridized carbons (Fsp3) is 0.640. The minimum atomic E-state index is -1.34. The first-order valence-electron chi connectivity index (χ1n) is 11.8. The van der Waals surface area contributed by atoms with Crippen LogP contribution < -0.4 is 4.74 Å². The maximum atomic E-state index is 13.7. The van der Waals surface area contributed by atoms with E-state index >= 15 is 0 Å². The molecule has 2 bridgehead atoms. The summed E-state index contributed by atoms with van der Waals surface area (Å²) in [5, 5.41) is 42.9. The predicted octanol–water partition coefficient (Wildman–Crippen LogP) is 2.84. The highest BCUT2D eigenvalue weighted by atomic mass is 16.7. The number of aliphatic hydroxyl groups is 2. The van der Waals surface area contributed by atoms with Crippen LogP contribution in [0.1, 0.15) is 61.9 Å². The number of allylic oxidation sites excluding steroid dienone is 2. The third kappa shape index (κ3) is 4.14. The number of aromatic hydroxyl groups is 2. The molecule has 7 atom stereocenters. The Kier molecular flexibility index (Phi) is 6.73. The Balaban J connectivity index is 1.70. The number of phenolic OH excluding ortho intramolecular Hbond substituents is 2. The standard InChI is InChI=1S/C25H34O8/c1-4-19-25(33-19)18(26)12-17(32-24(25)30)15-9-7-5-6-8-13(2)10-14-11-16(21(15)28)22(29)23(31-3)20(14)27/h6,8,11,13,15,17-19,24,26-27,29-30H,4-5,7,9-10,12H2,1-3H3/t13?,15?,17-,18-,19+,24-,25?/m1/s1. The predicted molar refractivity (Wildman–Crippen MR) is 119 cm³/mol. The van der Waals surface area contributed by atoms with Gasteiger partial charge in [0, 0.05) is 12.3 Å². The van der Waals surface area contributed by atoms with Crippen molar-refractivity contribution in [1.82, 2.24) is 0 Å². The minimum Gasteiger partial charge on any atom is -0.504 e. The Morgan fingerprint density at radius 1 is 1.24 bits per heavy atom. The second kappa shape index (κ2) is 9.25. The van der Waals surface area contributed by atoms with Gasteiger partial charge in [-0.1, -0.05) is 26.0 Å². The summed E-state index contributed by atoms with van der Waals surface area (Å²) in [4.78, 5) is 13.7. The van der Waals surface area contributed by atoms with Gasteiger partial charge >= 0.3 is 0 Å². The van der Waals surface area contributed by atoms with Crippen LogP contribution in [0.3, 0.4) is 0 Å². The summed E-state index contributed by atoms with van der Waals surface area (Å²) >= 11 is 0. The second-order valence-electron chi connectivity index (χ2n) is 9.47. The first-order valence-corrected chi connectivity index (χ1v) is 11.8. The van der Waals surface area contributed by atoms with Crippen molar-refractivity contribution in [2.24, 2.45) is 11.8 Å². The zero-order chi connectivity index (χ0) is 23.9. The van der Waals surface area contributed by atoms with Gasteiger partial charge < -0.3 is 34.6 Å². The lowest BCUT2D eigenvalue weighted by Gasteiger charge is -2.39. The number of benzene rings is 1. The van der Waals surface area contributed by atoms with Crippen molar-refractivity contribution < 1.29 is 39.4 Å². The Morgan fingerprint density at radius 2 is 2.00 bits per heavy atom. The number of rotatable bonds is 3. The lowest BCUT2D eigenvalue weighted by Crippen LogP contribution is -2.55. The highest BCUT2D eigenvalue weighted by Crippen LogP contribution is 2.51. The Labute approximate surface area is 193 Å². The van der Waals surface area contributed by atoms with Crippen LogP contribution in [0.5, 0.6) is 17.2 Å². The molecule has 0 aromatic heterocycles. The van der Waals surface area contributed by atoms with Gasteiger partial charge in [0.05, 0.1) is 31.0 Å². The number of carbonyl (C=O) groups is 1. The fourth-order valence-corrected chi connectivity index (χ4v) is 5.39. The van der Waals surface area contributed by atoms with Crippen molar-refractivity contribution in [3.05, 3.63) is 29.3 Å². The lowest BCUT2D eigenvalue weighted by molar-refractivity contribution is -0.239.